The number of benzene rings is 1. The van der Waals surface area contributed by atoms with Gasteiger partial charge in [-0.15, -0.1) is 6.42 Å². The highest BCUT2D eigenvalue weighted by atomic mass is 16.5. The summed E-state index contributed by atoms with van der Waals surface area (Å²) < 4.78 is 11.5. The van der Waals surface area contributed by atoms with Crippen molar-refractivity contribution in [2.24, 2.45) is 0 Å². The van der Waals surface area contributed by atoms with E-state index in [1.165, 1.54) is 0 Å². The van der Waals surface area contributed by atoms with Crippen molar-refractivity contribution in [3.05, 3.63) is 23.8 Å². The summed E-state index contributed by atoms with van der Waals surface area (Å²) in [4.78, 5) is 0. The topological polar surface area (TPSA) is 30.5 Å². The van der Waals surface area contributed by atoms with E-state index in [1.54, 1.807) is 0 Å². The van der Waals surface area contributed by atoms with Crippen molar-refractivity contribution in [1.82, 2.24) is 5.32 Å². The lowest BCUT2D eigenvalue weighted by Gasteiger charge is -2.15. The molecule has 0 saturated heterocycles. The Morgan fingerprint density at radius 2 is 2.21 bits per heavy atom. The van der Waals surface area contributed by atoms with Gasteiger partial charge in [-0.2, -0.15) is 0 Å². The summed E-state index contributed by atoms with van der Waals surface area (Å²) in [6, 6.07) is 6.12. The number of hydrogen-bond acceptors (Lipinski definition) is 3. The maximum atomic E-state index is 5.79. The van der Waals surface area contributed by atoms with Gasteiger partial charge in [0, 0.05) is 18.5 Å². The second kappa shape index (κ2) is 7.06. The van der Waals surface area contributed by atoms with Crippen LogP contribution in [-0.4, -0.2) is 19.3 Å². The van der Waals surface area contributed by atoms with Crippen molar-refractivity contribution in [2.75, 3.05) is 13.2 Å². The van der Waals surface area contributed by atoms with Gasteiger partial charge in [0.05, 0.1) is 19.3 Å². The molecule has 1 N–H and O–H groups in total. The van der Waals surface area contributed by atoms with Crippen molar-refractivity contribution in [3.63, 3.8) is 0 Å². The van der Waals surface area contributed by atoms with E-state index in [2.05, 4.69) is 24.2 Å². The fourth-order valence-corrected chi connectivity index (χ4v) is 2.16. The summed E-state index contributed by atoms with van der Waals surface area (Å²) >= 11 is 0. The number of para-hydroxylation sites is 1. The highest BCUT2D eigenvalue weighted by molar-refractivity contribution is 5.47. The standard InChI is InChI=1S/C16H21NO2/c1-3-7-14(4-2)17-12-13-8-5-9-15-16(13)19-11-6-10-18-15/h2,5,8-9,14,17H,3,6-7,10-12H2,1H3. The largest absolute Gasteiger partial charge is 0.490 e. The maximum Gasteiger partial charge on any atom is 0.165 e. The summed E-state index contributed by atoms with van der Waals surface area (Å²) in [6.45, 7) is 4.27. The molecule has 1 aromatic rings. The lowest BCUT2D eigenvalue weighted by molar-refractivity contribution is 0.296. The monoisotopic (exact) mass is 259 g/mol. The molecule has 0 aliphatic carbocycles. The van der Waals surface area contributed by atoms with Gasteiger partial charge in [0.25, 0.3) is 0 Å². The second-order valence-corrected chi connectivity index (χ2v) is 4.68. The Morgan fingerprint density at radius 3 is 3.00 bits per heavy atom. The zero-order valence-electron chi connectivity index (χ0n) is 11.4. The molecule has 0 aromatic heterocycles. The Labute approximate surface area is 115 Å². The number of rotatable bonds is 5. The van der Waals surface area contributed by atoms with Crippen LogP contribution in [0.25, 0.3) is 0 Å². The van der Waals surface area contributed by atoms with Crippen LogP contribution in [0.3, 0.4) is 0 Å². The molecule has 3 nitrogen and oxygen atoms in total. The van der Waals surface area contributed by atoms with Gasteiger partial charge in [0.15, 0.2) is 11.5 Å². The van der Waals surface area contributed by atoms with Crippen molar-refractivity contribution in [3.8, 4) is 23.8 Å². The molecule has 0 saturated carbocycles. The molecule has 2 rings (SSSR count). The highest BCUT2D eigenvalue weighted by Gasteiger charge is 2.14. The molecule has 3 heteroatoms. The van der Waals surface area contributed by atoms with Crippen LogP contribution in [0.15, 0.2) is 18.2 Å². The van der Waals surface area contributed by atoms with Gasteiger partial charge in [-0.05, 0) is 12.5 Å². The van der Waals surface area contributed by atoms with Crippen LogP contribution in [-0.2, 0) is 6.54 Å². The van der Waals surface area contributed by atoms with E-state index in [4.69, 9.17) is 15.9 Å². The smallest absolute Gasteiger partial charge is 0.165 e. The third-order valence-electron chi connectivity index (χ3n) is 3.17. The van der Waals surface area contributed by atoms with Crippen LogP contribution in [0.2, 0.25) is 0 Å². The molecule has 0 bridgehead atoms. The molecule has 1 atom stereocenters. The minimum atomic E-state index is 0.118. The second-order valence-electron chi connectivity index (χ2n) is 4.68. The predicted molar refractivity (Wildman–Crippen MR) is 76.4 cm³/mol. The van der Waals surface area contributed by atoms with Crippen molar-refractivity contribution >= 4 is 0 Å². The van der Waals surface area contributed by atoms with Crippen LogP contribution in [0, 0.1) is 12.3 Å². The number of ether oxygens (including phenoxy) is 2. The summed E-state index contributed by atoms with van der Waals surface area (Å²) in [5, 5.41) is 3.39. The summed E-state index contributed by atoms with van der Waals surface area (Å²) in [5.74, 6) is 4.48. The number of fused-ring (bicyclic) bond motifs is 1. The molecule has 1 aromatic carbocycles. The SMILES string of the molecule is C#CC(CCC)NCc1cccc2c1OCCCO2. The number of hydrogen-bond donors (Lipinski definition) is 1. The lowest BCUT2D eigenvalue weighted by atomic mass is 10.1. The van der Waals surface area contributed by atoms with E-state index in [-0.39, 0.29) is 6.04 Å². The lowest BCUT2D eigenvalue weighted by Crippen LogP contribution is -2.27. The van der Waals surface area contributed by atoms with Crippen molar-refractivity contribution in [2.45, 2.75) is 38.8 Å². The summed E-state index contributed by atoms with van der Waals surface area (Å²) in [5.41, 5.74) is 1.11. The first kappa shape index (κ1) is 13.8. The van der Waals surface area contributed by atoms with Gasteiger partial charge < -0.3 is 9.47 Å². The Hall–Kier alpha value is -1.66. The van der Waals surface area contributed by atoms with Gasteiger partial charge in [0.2, 0.25) is 0 Å². The number of terminal acetylenes is 1. The zero-order chi connectivity index (χ0) is 13.5. The van der Waals surface area contributed by atoms with Crippen LogP contribution >= 0.6 is 0 Å². The minimum absolute atomic E-state index is 0.118. The van der Waals surface area contributed by atoms with E-state index < -0.39 is 0 Å². The van der Waals surface area contributed by atoms with E-state index in [0.29, 0.717) is 19.8 Å². The summed E-state index contributed by atoms with van der Waals surface area (Å²) in [6.07, 6.45) is 8.51. The third-order valence-corrected chi connectivity index (χ3v) is 3.17. The molecule has 102 valence electrons. The van der Waals surface area contributed by atoms with Crippen LogP contribution < -0.4 is 14.8 Å². The Bertz CT molecular complexity index is 451. The number of nitrogens with one attached hydrogen (secondary N) is 1. The van der Waals surface area contributed by atoms with E-state index >= 15 is 0 Å². The Kier molecular flexibility index (Phi) is 5.11. The highest BCUT2D eigenvalue weighted by Crippen LogP contribution is 2.33. The molecular weight excluding hydrogens is 238 g/mol. The Balaban J connectivity index is 2.06. The van der Waals surface area contributed by atoms with Crippen LogP contribution in [0.4, 0.5) is 0 Å². The molecule has 0 fully saturated rings. The van der Waals surface area contributed by atoms with Crippen LogP contribution in [0.1, 0.15) is 31.7 Å². The minimum Gasteiger partial charge on any atom is -0.490 e. The maximum absolute atomic E-state index is 5.79. The normalized spacial score (nSPS) is 15.4. The van der Waals surface area contributed by atoms with Crippen LogP contribution in [0.5, 0.6) is 11.5 Å². The van der Waals surface area contributed by atoms with Gasteiger partial charge in [-0.3, -0.25) is 5.32 Å². The molecule has 1 unspecified atom stereocenters. The third kappa shape index (κ3) is 3.65. The van der Waals surface area contributed by atoms with Crippen molar-refractivity contribution in [1.29, 1.82) is 0 Å². The predicted octanol–water partition coefficient (Wildman–Crippen LogP) is 2.74. The molecule has 0 radical (unpaired) electrons. The van der Waals surface area contributed by atoms with Gasteiger partial charge in [-0.25, -0.2) is 0 Å². The van der Waals surface area contributed by atoms with Gasteiger partial charge in [-0.1, -0.05) is 31.4 Å². The van der Waals surface area contributed by atoms with Crippen molar-refractivity contribution < 1.29 is 9.47 Å². The first-order valence-corrected chi connectivity index (χ1v) is 6.92. The van der Waals surface area contributed by atoms with Gasteiger partial charge >= 0.3 is 0 Å². The molecule has 0 amide bonds. The first-order chi connectivity index (χ1) is 9.35. The fourth-order valence-electron chi connectivity index (χ4n) is 2.16. The first-order valence-electron chi connectivity index (χ1n) is 6.92. The molecule has 1 aliphatic heterocycles. The molecular formula is C16H21NO2. The fraction of sp³-hybridized carbons (Fsp3) is 0.500. The average Bonchev–Trinajstić information content (AvgIpc) is 2.69. The van der Waals surface area contributed by atoms with E-state index in [0.717, 1.165) is 36.3 Å². The molecule has 19 heavy (non-hydrogen) atoms. The van der Waals surface area contributed by atoms with E-state index in [9.17, 15) is 0 Å². The molecule has 1 heterocycles. The van der Waals surface area contributed by atoms with E-state index in [1.807, 2.05) is 12.1 Å². The molecule has 1 aliphatic rings. The summed E-state index contributed by atoms with van der Waals surface area (Å²) in [7, 11) is 0. The Morgan fingerprint density at radius 1 is 1.37 bits per heavy atom. The quantitative estimate of drug-likeness (QED) is 0.825. The average molecular weight is 259 g/mol. The molecule has 0 spiro atoms. The zero-order valence-corrected chi connectivity index (χ0v) is 11.4. The van der Waals surface area contributed by atoms with Gasteiger partial charge in [0.1, 0.15) is 0 Å².